The number of amides is 1. The molecule has 0 aromatic heterocycles. The largest absolute Gasteiger partial charge is 0.506 e. The van der Waals surface area contributed by atoms with Gasteiger partial charge in [-0.3, -0.25) is 4.79 Å². The maximum atomic E-state index is 11.3. The van der Waals surface area contributed by atoms with Gasteiger partial charge in [-0.1, -0.05) is 0 Å². The van der Waals surface area contributed by atoms with Crippen LogP contribution in [0.3, 0.4) is 0 Å². The number of nitrogens with one attached hydrogen (secondary N) is 1. The molecule has 0 spiro atoms. The van der Waals surface area contributed by atoms with Crippen molar-refractivity contribution in [1.82, 2.24) is 5.43 Å². The molecule has 0 atom stereocenters. The van der Waals surface area contributed by atoms with Gasteiger partial charge in [0.15, 0.2) is 0 Å². The molecular weight excluding hydrogens is 352 g/mol. The van der Waals surface area contributed by atoms with E-state index in [0.717, 1.165) is 18.4 Å². The van der Waals surface area contributed by atoms with Crippen molar-refractivity contribution >= 4 is 44.0 Å². The van der Waals surface area contributed by atoms with E-state index in [2.05, 4.69) is 42.4 Å². The Balaban J connectivity index is 2.02. The molecule has 2 rings (SSSR count). The Morgan fingerprint density at radius 2 is 2.00 bits per heavy atom. The van der Waals surface area contributed by atoms with Gasteiger partial charge in [-0.2, -0.15) is 5.10 Å². The van der Waals surface area contributed by atoms with Gasteiger partial charge in [0.25, 0.3) is 0 Å². The van der Waals surface area contributed by atoms with Crippen LogP contribution in [0.2, 0.25) is 0 Å². The highest BCUT2D eigenvalue weighted by Gasteiger charge is 2.29. The minimum absolute atomic E-state index is 0.0295. The summed E-state index contributed by atoms with van der Waals surface area (Å²) < 4.78 is 1.14. The molecule has 0 bridgehead atoms. The van der Waals surface area contributed by atoms with Gasteiger partial charge >= 0.3 is 0 Å². The van der Waals surface area contributed by atoms with E-state index in [-0.39, 0.29) is 17.6 Å². The summed E-state index contributed by atoms with van der Waals surface area (Å²) in [6.07, 6.45) is 3.45. The van der Waals surface area contributed by atoms with Crippen molar-refractivity contribution in [1.29, 1.82) is 0 Å². The fourth-order valence-corrected chi connectivity index (χ4v) is 2.49. The Morgan fingerprint density at radius 3 is 2.53 bits per heavy atom. The molecule has 1 aromatic rings. The zero-order valence-corrected chi connectivity index (χ0v) is 12.0. The Hall–Kier alpha value is -0.880. The summed E-state index contributed by atoms with van der Waals surface area (Å²) in [4.78, 5) is 11.3. The molecule has 0 aliphatic heterocycles. The highest BCUT2D eigenvalue weighted by atomic mass is 79.9. The highest BCUT2D eigenvalue weighted by molar-refractivity contribution is 9.11. The number of halogens is 2. The Kier molecular flexibility index (Phi) is 3.83. The van der Waals surface area contributed by atoms with Crippen molar-refractivity contribution in [3.63, 3.8) is 0 Å². The second-order valence-electron chi connectivity index (χ2n) is 3.84. The molecule has 0 heterocycles. The van der Waals surface area contributed by atoms with Crippen LogP contribution in [0.1, 0.15) is 18.4 Å². The Morgan fingerprint density at radius 1 is 1.41 bits per heavy atom. The van der Waals surface area contributed by atoms with Crippen molar-refractivity contribution in [2.75, 3.05) is 0 Å². The van der Waals surface area contributed by atoms with Gasteiger partial charge in [-0.15, -0.1) is 0 Å². The Bertz CT molecular complexity index is 461. The van der Waals surface area contributed by atoms with E-state index in [4.69, 9.17) is 0 Å². The van der Waals surface area contributed by atoms with Crippen LogP contribution in [0, 0.1) is 5.92 Å². The standard InChI is InChI=1S/C11H10Br2N2O2/c12-8-3-6(4-9(13)10(8)16)5-14-15-11(17)7-1-2-7/h3-5,7,16H,1-2H2,(H,15,17)/b14-5+. The van der Waals surface area contributed by atoms with Crippen molar-refractivity contribution in [2.24, 2.45) is 11.0 Å². The SMILES string of the molecule is O=C(N/N=C/c1cc(Br)c(O)c(Br)c1)C1CC1. The minimum Gasteiger partial charge on any atom is -0.506 e. The van der Waals surface area contributed by atoms with E-state index in [0.29, 0.717) is 8.95 Å². The topological polar surface area (TPSA) is 61.7 Å². The molecule has 0 saturated heterocycles. The van der Waals surface area contributed by atoms with Gasteiger partial charge in [0.1, 0.15) is 5.75 Å². The van der Waals surface area contributed by atoms with Gasteiger partial charge in [-0.25, -0.2) is 5.43 Å². The summed E-state index contributed by atoms with van der Waals surface area (Å²) in [7, 11) is 0. The number of carbonyl (C=O) groups is 1. The molecule has 0 radical (unpaired) electrons. The first-order valence-corrected chi connectivity index (χ1v) is 6.67. The molecular formula is C11H10Br2N2O2. The van der Waals surface area contributed by atoms with E-state index >= 15 is 0 Å². The van der Waals surface area contributed by atoms with E-state index in [1.54, 1.807) is 12.1 Å². The summed E-state index contributed by atoms with van der Waals surface area (Å²) in [6.45, 7) is 0. The average molecular weight is 362 g/mol. The molecule has 1 aromatic carbocycles. The first-order valence-electron chi connectivity index (χ1n) is 5.09. The molecule has 1 fully saturated rings. The number of hydrazone groups is 1. The average Bonchev–Trinajstić information content (AvgIpc) is 3.09. The van der Waals surface area contributed by atoms with Crippen LogP contribution in [0.15, 0.2) is 26.2 Å². The summed E-state index contributed by atoms with van der Waals surface area (Å²) in [5.41, 5.74) is 3.26. The van der Waals surface area contributed by atoms with Crippen LogP contribution in [0.25, 0.3) is 0 Å². The highest BCUT2D eigenvalue weighted by Crippen LogP contribution is 2.32. The number of aromatic hydroxyl groups is 1. The zero-order valence-electron chi connectivity index (χ0n) is 8.78. The fourth-order valence-electron chi connectivity index (χ4n) is 1.27. The monoisotopic (exact) mass is 360 g/mol. The summed E-state index contributed by atoms with van der Waals surface area (Å²) in [5.74, 6) is 0.257. The second-order valence-corrected chi connectivity index (χ2v) is 5.55. The molecule has 0 unspecified atom stereocenters. The zero-order chi connectivity index (χ0) is 12.4. The van der Waals surface area contributed by atoms with Gasteiger partial charge in [0.05, 0.1) is 15.2 Å². The molecule has 6 heteroatoms. The second kappa shape index (κ2) is 5.18. The normalized spacial score (nSPS) is 15.2. The first-order chi connectivity index (χ1) is 8.08. The molecule has 1 aliphatic carbocycles. The number of carbonyl (C=O) groups excluding carboxylic acids is 1. The number of phenolic OH excluding ortho intramolecular Hbond substituents is 1. The molecule has 1 aliphatic rings. The van der Waals surface area contributed by atoms with Crippen molar-refractivity contribution in [3.8, 4) is 5.75 Å². The van der Waals surface area contributed by atoms with E-state index in [9.17, 15) is 9.90 Å². The predicted molar refractivity (Wildman–Crippen MR) is 72.0 cm³/mol. The fraction of sp³-hybridized carbons (Fsp3) is 0.273. The first kappa shape index (κ1) is 12.6. The maximum Gasteiger partial charge on any atom is 0.243 e. The van der Waals surface area contributed by atoms with Crippen LogP contribution in [-0.4, -0.2) is 17.2 Å². The van der Waals surface area contributed by atoms with Crippen molar-refractivity contribution in [2.45, 2.75) is 12.8 Å². The molecule has 2 N–H and O–H groups in total. The number of hydrogen-bond donors (Lipinski definition) is 2. The van der Waals surface area contributed by atoms with Crippen LogP contribution < -0.4 is 5.43 Å². The third-order valence-electron chi connectivity index (χ3n) is 2.38. The molecule has 1 saturated carbocycles. The van der Waals surface area contributed by atoms with Gasteiger partial charge < -0.3 is 5.11 Å². The van der Waals surface area contributed by atoms with Gasteiger partial charge in [0, 0.05) is 5.92 Å². The van der Waals surface area contributed by atoms with E-state index in [1.165, 1.54) is 6.21 Å². The van der Waals surface area contributed by atoms with Crippen LogP contribution >= 0.6 is 31.9 Å². The summed E-state index contributed by atoms with van der Waals surface area (Å²) in [6, 6.07) is 3.43. The van der Waals surface area contributed by atoms with Crippen LogP contribution in [0.5, 0.6) is 5.75 Å². The van der Waals surface area contributed by atoms with Gasteiger partial charge in [0.2, 0.25) is 5.91 Å². The third kappa shape index (κ3) is 3.29. The predicted octanol–water partition coefficient (Wildman–Crippen LogP) is 2.78. The molecule has 17 heavy (non-hydrogen) atoms. The molecule has 1 amide bonds. The minimum atomic E-state index is -0.0295. The third-order valence-corrected chi connectivity index (χ3v) is 3.58. The van der Waals surface area contributed by atoms with Crippen molar-refractivity contribution in [3.05, 3.63) is 26.6 Å². The molecule has 90 valence electrons. The van der Waals surface area contributed by atoms with E-state index in [1.807, 2.05) is 0 Å². The lowest BCUT2D eigenvalue weighted by Crippen LogP contribution is -2.18. The number of nitrogens with zero attached hydrogens (tertiary/aromatic N) is 1. The van der Waals surface area contributed by atoms with Crippen molar-refractivity contribution < 1.29 is 9.90 Å². The van der Waals surface area contributed by atoms with Crippen LogP contribution in [0.4, 0.5) is 0 Å². The van der Waals surface area contributed by atoms with Gasteiger partial charge in [-0.05, 0) is 62.4 Å². The Labute approximate surface area is 115 Å². The number of rotatable bonds is 3. The van der Waals surface area contributed by atoms with E-state index < -0.39 is 0 Å². The molecule has 4 nitrogen and oxygen atoms in total. The summed E-state index contributed by atoms with van der Waals surface area (Å²) >= 11 is 6.44. The lowest BCUT2D eigenvalue weighted by molar-refractivity contribution is -0.122. The quantitative estimate of drug-likeness (QED) is 0.642. The maximum absolute atomic E-state index is 11.3. The number of benzene rings is 1. The lowest BCUT2D eigenvalue weighted by Gasteiger charge is -2.02. The number of hydrogen-bond acceptors (Lipinski definition) is 3. The van der Waals surface area contributed by atoms with Crippen LogP contribution in [-0.2, 0) is 4.79 Å². The lowest BCUT2D eigenvalue weighted by atomic mass is 10.2. The summed E-state index contributed by atoms with van der Waals surface area (Å²) in [5, 5.41) is 13.4. The number of phenols is 1. The smallest absolute Gasteiger partial charge is 0.243 e.